The molecule has 0 atom stereocenters. The van der Waals surface area contributed by atoms with E-state index >= 15 is 0 Å². The lowest BCUT2D eigenvalue weighted by Gasteiger charge is -2.21. The normalized spacial score (nSPS) is 10.0. The number of halogens is 2. The molecule has 0 radical (unpaired) electrons. The molecule has 0 fully saturated rings. The summed E-state index contributed by atoms with van der Waals surface area (Å²) in [6, 6.07) is 2.43. The lowest BCUT2D eigenvalue weighted by molar-refractivity contribution is 0.218. The minimum absolute atomic E-state index is 0.167. The molecule has 98 valence electrons. The molecule has 0 aliphatic carbocycles. The van der Waals surface area contributed by atoms with E-state index in [9.17, 15) is 13.6 Å². The fraction of sp³-hybridized carbons (Fsp3) is 0.308. The van der Waals surface area contributed by atoms with Crippen LogP contribution >= 0.6 is 0 Å². The Morgan fingerprint density at radius 1 is 1.44 bits per heavy atom. The Balaban J connectivity index is 2.79. The van der Waals surface area contributed by atoms with E-state index in [1.54, 1.807) is 13.8 Å². The van der Waals surface area contributed by atoms with Crippen LogP contribution in [0.2, 0.25) is 0 Å². The van der Waals surface area contributed by atoms with Crippen molar-refractivity contribution in [2.24, 2.45) is 0 Å². The summed E-state index contributed by atoms with van der Waals surface area (Å²) >= 11 is 0. The van der Waals surface area contributed by atoms with Gasteiger partial charge in [-0.2, -0.15) is 0 Å². The number of urea groups is 1. The first kappa shape index (κ1) is 14.2. The average molecular weight is 254 g/mol. The van der Waals surface area contributed by atoms with E-state index in [1.165, 1.54) is 4.90 Å². The molecule has 0 aliphatic heterocycles. The molecule has 1 N–H and O–H groups in total. The second-order valence-corrected chi connectivity index (χ2v) is 4.03. The topological polar surface area (TPSA) is 32.3 Å². The predicted molar refractivity (Wildman–Crippen MR) is 67.4 cm³/mol. The highest BCUT2D eigenvalue weighted by Gasteiger charge is 2.14. The molecule has 3 nitrogen and oxygen atoms in total. The summed E-state index contributed by atoms with van der Waals surface area (Å²) in [6.45, 7) is 8.12. The van der Waals surface area contributed by atoms with Crippen LogP contribution < -0.4 is 5.32 Å². The molecule has 0 spiro atoms. The Morgan fingerprint density at radius 3 is 2.67 bits per heavy atom. The number of rotatable bonds is 4. The third-order valence-electron chi connectivity index (χ3n) is 2.30. The van der Waals surface area contributed by atoms with E-state index in [0.717, 1.165) is 23.8 Å². The summed E-state index contributed by atoms with van der Waals surface area (Å²) in [6.07, 6.45) is 0. The first-order valence-electron chi connectivity index (χ1n) is 5.59. The summed E-state index contributed by atoms with van der Waals surface area (Å²) < 4.78 is 26.3. The molecule has 0 heterocycles. The maximum atomic E-state index is 13.3. The lowest BCUT2D eigenvalue weighted by atomic mass is 10.3. The maximum Gasteiger partial charge on any atom is 0.322 e. The second kappa shape index (κ2) is 6.14. The zero-order chi connectivity index (χ0) is 13.7. The van der Waals surface area contributed by atoms with Gasteiger partial charge >= 0.3 is 6.03 Å². The first-order valence-corrected chi connectivity index (χ1v) is 5.59. The second-order valence-electron chi connectivity index (χ2n) is 4.03. The van der Waals surface area contributed by atoms with Gasteiger partial charge in [-0.1, -0.05) is 12.2 Å². The van der Waals surface area contributed by atoms with Crippen LogP contribution in [0, 0.1) is 11.6 Å². The molecule has 0 saturated carbocycles. The molecule has 18 heavy (non-hydrogen) atoms. The molecule has 2 amide bonds. The zero-order valence-corrected chi connectivity index (χ0v) is 10.5. The van der Waals surface area contributed by atoms with Crippen LogP contribution in [-0.2, 0) is 0 Å². The summed E-state index contributed by atoms with van der Waals surface area (Å²) in [5.41, 5.74) is 0.645. The molecular formula is C13H16F2N2O. The minimum atomic E-state index is -0.670. The SMILES string of the molecule is C=C(C)CN(CC)C(=O)Nc1cc(F)ccc1F. The zero-order valence-electron chi connectivity index (χ0n) is 10.5. The van der Waals surface area contributed by atoms with Crippen molar-refractivity contribution in [1.29, 1.82) is 0 Å². The Morgan fingerprint density at radius 2 is 2.11 bits per heavy atom. The van der Waals surface area contributed by atoms with Crippen LogP contribution in [0.1, 0.15) is 13.8 Å². The van der Waals surface area contributed by atoms with Crippen molar-refractivity contribution < 1.29 is 13.6 Å². The van der Waals surface area contributed by atoms with Crippen molar-refractivity contribution >= 4 is 11.7 Å². The van der Waals surface area contributed by atoms with Gasteiger partial charge in [0.1, 0.15) is 11.6 Å². The maximum absolute atomic E-state index is 13.3. The molecule has 0 unspecified atom stereocenters. The van der Waals surface area contributed by atoms with Crippen LogP contribution in [0.25, 0.3) is 0 Å². The van der Waals surface area contributed by atoms with Gasteiger partial charge in [-0.05, 0) is 26.0 Å². The van der Waals surface area contributed by atoms with Gasteiger partial charge in [-0.15, -0.1) is 0 Å². The largest absolute Gasteiger partial charge is 0.322 e. The molecule has 5 heteroatoms. The van der Waals surface area contributed by atoms with Crippen LogP contribution in [0.3, 0.4) is 0 Å². The Kier molecular flexibility index (Phi) is 4.83. The summed E-state index contributed by atoms with van der Waals surface area (Å²) in [5.74, 6) is -1.27. The van der Waals surface area contributed by atoms with Gasteiger partial charge < -0.3 is 10.2 Å². The van der Waals surface area contributed by atoms with E-state index < -0.39 is 17.7 Å². The summed E-state index contributed by atoms with van der Waals surface area (Å²) in [7, 11) is 0. The monoisotopic (exact) mass is 254 g/mol. The van der Waals surface area contributed by atoms with E-state index in [2.05, 4.69) is 11.9 Å². The fourth-order valence-electron chi connectivity index (χ4n) is 1.44. The van der Waals surface area contributed by atoms with Crippen molar-refractivity contribution in [1.82, 2.24) is 4.90 Å². The van der Waals surface area contributed by atoms with Crippen molar-refractivity contribution in [3.05, 3.63) is 42.0 Å². The van der Waals surface area contributed by atoms with Gasteiger partial charge in [0.25, 0.3) is 0 Å². The number of anilines is 1. The van der Waals surface area contributed by atoms with Crippen LogP contribution in [0.15, 0.2) is 30.4 Å². The van der Waals surface area contributed by atoms with E-state index in [4.69, 9.17) is 0 Å². The highest BCUT2D eigenvalue weighted by atomic mass is 19.1. The molecule has 0 aliphatic rings. The summed E-state index contributed by atoms with van der Waals surface area (Å²) in [5, 5.41) is 2.34. The Labute approximate surface area is 105 Å². The van der Waals surface area contributed by atoms with Gasteiger partial charge in [0.2, 0.25) is 0 Å². The number of nitrogens with zero attached hydrogens (tertiary/aromatic N) is 1. The number of hydrogen-bond acceptors (Lipinski definition) is 1. The van der Waals surface area contributed by atoms with Gasteiger partial charge in [-0.25, -0.2) is 13.6 Å². The predicted octanol–water partition coefficient (Wildman–Crippen LogP) is 3.39. The Bertz CT molecular complexity index is 460. The molecule has 0 saturated heterocycles. The first-order chi connectivity index (χ1) is 8.43. The van der Waals surface area contributed by atoms with Crippen molar-refractivity contribution in [3.63, 3.8) is 0 Å². The number of carbonyl (C=O) groups is 1. The third kappa shape index (κ3) is 3.84. The average Bonchev–Trinajstić information content (AvgIpc) is 2.30. The summed E-state index contributed by atoms with van der Waals surface area (Å²) in [4.78, 5) is 13.3. The van der Waals surface area contributed by atoms with Crippen LogP contribution in [0.5, 0.6) is 0 Å². The van der Waals surface area contributed by atoms with Crippen molar-refractivity contribution in [2.75, 3.05) is 18.4 Å². The van der Waals surface area contributed by atoms with Gasteiger partial charge in [0.15, 0.2) is 0 Å². The number of nitrogens with one attached hydrogen (secondary N) is 1. The van der Waals surface area contributed by atoms with Gasteiger partial charge in [0.05, 0.1) is 5.69 Å². The van der Waals surface area contributed by atoms with Crippen molar-refractivity contribution in [3.8, 4) is 0 Å². The number of benzene rings is 1. The highest BCUT2D eigenvalue weighted by Crippen LogP contribution is 2.16. The van der Waals surface area contributed by atoms with E-state index in [-0.39, 0.29) is 5.69 Å². The van der Waals surface area contributed by atoms with E-state index in [0.29, 0.717) is 13.1 Å². The Hall–Kier alpha value is -1.91. The van der Waals surface area contributed by atoms with Crippen LogP contribution in [-0.4, -0.2) is 24.0 Å². The molecule has 0 aromatic heterocycles. The number of amides is 2. The van der Waals surface area contributed by atoms with E-state index in [1.807, 2.05) is 0 Å². The van der Waals surface area contributed by atoms with Gasteiger partial charge in [0, 0.05) is 19.2 Å². The lowest BCUT2D eigenvalue weighted by Crippen LogP contribution is -2.36. The van der Waals surface area contributed by atoms with Crippen LogP contribution in [0.4, 0.5) is 19.3 Å². The minimum Gasteiger partial charge on any atom is -0.321 e. The fourth-order valence-corrected chi connectivity index (χ4v) is 1.44. The number of carbonyl (C=O) groups excluding carboxylic acids is 1. The molecule has 0 bridgehead atoms. The van der Waals surface area contributed by atoms with Gasteiger partial charge in [-0.3, -0.25) is 0 Å². The smallest absolute Gasteiger partial charge is 0.321 e. The third-order valence-corrected chi connectivity index (χ3v) is 2.30. The molecular weight excluding hydrogens is 238 g/mol. The standard InChI is InChI=1S/C13H16F2N2O/c1-4-17(8-9(2)3)13(18)16-12-7-10(14)5-6-11(12)15/h5-7H,2,4,8H2,1,3H3,(H,16,18). The number of hydrogen-bond donors (Lipinski definition) is 1. The molecule has 1 rings (SSSR count). The van der Waals surface area contributed by atoms with Crippen molar-refractivity contribution in [2.45, 2.75) is 13.8 Å². The molecule has 1 aromatic rings. The molecule has 1 aromatic carbocycles. The number of likely N-dealkylation sites (N-methyl/N-ethyl adjacent to an activating group) is 1. The highest BCUT2D eigenvalue weighted by molar-refractivity contribution is 5.89. The quantitative estimate of drug-likeness (QED) is 0.821.